The standard InChI is InChI=1S/C12H12N2O/c1-12(2,14-8-15)10-3-4-11-9(7-10)5-6-13-11/h3-7,13H,1-2H3. The molecule has 0 aliphatic rings. The summed E-state index contributed by atoms with van der Waals surface area (Å²) in [5.41, 5.74) is 1.59. The molecule has 3 nitrogen and oxygen atoms in total. The number of carbonyl (C=O) groups excluding carboxylic acids is 1. The Bertz CT molecular complexity index is 533. The Hall–Kier alpha value is -1.86. The number of aromatic amines is 1. The summed E-state index contributed by atoms with van der Waals surface area (Å²) in [6.07, 6.45) is 3.51. The van der Waals surface area contributed by atoms with Crippen LogP contribution in [0.15, 0.2) is 35.5 Å². The van der Waals surface area contributed by atoms with E-state index in [9.17, 15) is 4.79 Å². The van der Waals surface area contributed by atoms with Gasteiger partial charge in [0.2, 0.25) is 6.08 Å². The van der Waals surface area contributed by atoms with Crippen LogP contribution in [0.2, 0.25) is 0 Å². The fourth-order valence-corrected chi connectivity index (χ4v) is 1.61. The maximum Gasteiger partial charge on any atom is 0.235 e. The molecule has 0 unspecified atom stereocenters. The van der Waals surface area contributed by atoms with Crippen molar-refractivity contribution in [1.29, 1.82) is 0 Å². The van der Waals surface area contributed by atoms with Gasteiger partial charge in [0.25, 0.3) is 0 Å². The third kappa shape index (κ3) is 1.69. The Labute approximate surface area is 87.8 Å². The van der Waals surface area contributed by atoms with Gasteiger partial charge in [0.15, 0.2) is 0 Å². The molecule has 0 fully saturated rings. The lowest BCUT2D eigenvalue weighted by molar-refractivity contribution is 0.523. The molecular weight excluding hydrogens is 188 g/mol. The summed E-state index contributed by atoms with van der Waals surface area (Å²) in [7, 11) is 0. The second-order valence-electron chi connectivity index (χ2n) is 4.04. The number of hydrogen-bond donors (Lipinski definition) is 1. The van der Waals surface area contributed by atoms with E-state index in [1.54, 1.807) is 6.08 Å². The fourth-order valence-electron chi connectivity index (χ4n) is 1.61. The Morgan fingerprint density at radius 3 is 2.87 bits per heavy atom. The predicted molar refractivity (Wildman–Crippen MR) is 59.4 cm³/mol. The molecule has 0 amide bonds. The highest BCUT2D eigenvalue weighted by Gasteiger charge is 2.19. The first kappa shape index (κ1) is 9.69. The molecule has 1 heterocycles. The van der Waals surface area contributed by atoms with Crippen LogP contribution in [0.1, 0.15) is 19.4 Å². The molecule has 1 aromatic carbocycles. The molecule has 0 aliphatic carbocycles. The van der Waals surface area contributed by atoms with Crippen LogP contribution in [0, 0.1) is 0 Å². The van der Waals surface area contributed by atoms with Crippen molar-refractivity contribution in [3.63, 3.8) is 0 Å². The van der Waals surface area contributed by atoms with Crippen molar-refractivity contribution in [2.75, 3.05) is 0 Å². The third-order valence-electron chi connectivity index (χ3n) is 2.58. The van der Waals surface area contributed by atoms with Crippen LogP contribution in [0.3, 0.4) is 0 Å². The molecule has 3 heteroatoms. The van der Waals surface area contributed by atoms with Gasteiger partial charge in [-0.15, -0.1) is 0 Å². The van der Waals surface area contributed by atoms with Crippen molar-refractivity contribution < 1.29 is 4.79 Å². The van der Waals surface area contributed by atoms with Gasteiger partial charge in [-0.3, -0.25) is 0 Å². The number of hydrogen-bond acceptors (Lipinski definition) is 2. The van der Waals surface area contributed by atoms with E-state index in [0.717, 1.165) is 16.5 Å². The molecule has 2 rings (SSSR count). The van der Waals surface area contributed by atoms with Gasteiger partial charge in [0, 0.05) is 11.7 Å². The van der Waals surface area contributed by atoms with Crippen LogP contribution in [-0.4, -0.2) is 11.1 Å². The van der Waals surface area contributed by atoms with Gasteiger partial charge in [-0.2, -0.15) is 4.99 Å². The number of benzene rings is 1. The van der Waals surface area contributed by atoms with E-state index in [2.05, 4.69) is 9.98 Å². The molecule has 0 aliphatic heterocycles. The van der Waals surface area contributed by atoms with Gasteiger partial charge in [0.1, 0.15) is 0 Å². The molecule has 2 aromatic rings. The number of aliphatic imine (C=N–C) groups is 1. The largest absolute Gasteiger partial charge is 0.361 e. The smallest absolute Gasteiger partial charge is 0.235 e. The summed E-state index contributed by atoms with van der Waals surface area (Å²) in [4.78, 5) is 17.2. The van der Waals surface area contributed by atoms with Crippen LogP contribution in [-0.2, 0) is 10.3 Å². The molecule has 1 aromatic heterocycles. The first-order chi connectivity index (χ1) is 7.13. The minimum Gasteiger partial charge on any atom is -0.361 e. The van der Waals surface area contributed by atoms with Gasteiger partial charge in [-0.1, -0.05) is 6.07 Å². The number of H-pyrrole nitrogens is 1. The van der Waals surface area contributed by atoms with Gasteiger partial charge < -0.3 is 4.98 Å². The van der Waals surface area contributed by atoms with E-state index in [4.69, 9.17) is 0 Å². The second-order valence-corrected chi connectivity index (χ2v) is 4.04. The number of rotatable bonds is 2. The lowest BCUT2D eigenvalue weighted by Gasteiger charge is -2.17. The summed E-state index contributed by atoms with van der Waals surface area (Å²) in [6, 6.07) is 8.00. The van der Waals surface area contributed by atoms with Crippen LogP contribution < -0.4 is 0 Å². The first-order valence-corrected chi connectivity index (χ1v) is 4.80. The SMILES string of the molecule is CC(C)(N=C=O)c1ccc2[nH]ccc2c1. The Balaban J connectivity index is 2.56. The monoisotopic (exact) mass is 200 g/mol. The zero-order chi connectivity index (χ0) is 10.9. The summed E-state index contributed by atoms with van der Waals surface area (Å²) in [5.74, 6) is 0. The number of isocyanates is 1. The van der Waals surface area contributed by atoms with Crippen LogP contribution in [0.4, 0.5) is 0 Å². The van der Waals surface area contributed by atoms with Gasteiger partial charge in [0.05, 0.1) is 5.54 Å². The number of aromatic nitrogens is 1. The van der Waals surface area contributed by atoms with Crippen LogP contribution >= 0.6 is 0 Å². The highest BCUT2D eigenvalue weighted by atomic mass is 16.1. The van der Waals surface area contributed by atoms with E-state index in [-0.39, 0.29) is 0 Å². The zero-order valence-electron chi connectivity index (χ0n) is 8.74. The molecule has 0 spiro atoms. The first-order valence-electron chi connectivity index (χ1n) is 4.80. The van der Waals surface area contributed by atoms with Gasteiger partial charge >= 0.3 is 0 Å². The molecule has 0 radical (unpaired) electrons. The zero-order valence-corrected chi connectivity index (χ0v) is 8.74. The number of nitrogens with one attached hydrogen (secondary N) is 1. The fraction of sp³-hybridized carbons (Fsp3) is 0.250. The van der Waals surface area contributed by atoms with Crippen molar-refractivity contribution in [1.82, 2.24) is 4.98 Å². The summed E-state index contributed by atoms with van der Waals surface area (Å²) in [5, 5.41) is 1.13. The van der Waals surface area contributed by atoms with Crippen molar-refractivity contribution in [2.45, 2.75) is 19.4 Å². The summed E-state index contributed by atoms with van der Waals surface area (Å²) >= 11 is 0. The van der Waals surface area contributed by atoms with E-state index in [1.165, 1.54) is 0 Å². The topological polar surface area (TPSA) is 45.2 Å². The number of nitrogens with zero attached hydrogens (tertiary/aromatic N) is 1. The molecular formula is C12H12N2O. The third-order valence-corrected chi connectivity index (χ3v) is 2.58. The van der Waals surface area contributed by atoms with Crippen molar-refractivity contribution in [3.8, 4) is 0 Å². The molecule has 0 atom stereocenters. The Kier molecular flexibility index (Phi) is 2.18. The summed E-state index contributed by atoms with van der Waals surface area (Å²) < 4.78 is 0. The molecule has 15 heavy (non-hydrogen) atoms. The van der Waals surface area contributed by atoms with Crippen molar-refractivity contribution in [3.05, 3.63) is 36.0 Å². The van der Waals surface area contributed by atoms with Crippen molar-refractivity contribution >= 4 is 17.0 Å². The average molecular weight is 200 g/mol. The van der Waals surface area contributed by atoms with Crippen LogP contribution in [0.5, 0.6) is 0 Å². The van der Waals surface area contributed by atoms with E-state index < -0.39 is 5.54 Å². The molecule has 0 bridgehead atoms. The minimum atomic E-state index is -0.507. The van der Waals surface area contributed by atoms with E-state index in [0.29, 0.717) is 0 Å². The molecule has 0 saturated carbocycles. The molecule has 1 N–H and O–H groups in total. The minimum absolute atomic E-state index is 0.507. The van der Waals surface area contributed by atoms with Gasteiger partial charge in [-0.05, 0) is 43.0 Å². The van der Waals surface area contributed by atoms with E-state index in [1.807, 2.05) is 44.3 Å². The predicted octanol–water partition coefficient (Wildman–Crippen LogP) is 2.74. The normalized spacial score (nSPS) is 11.3. The Morgan fingerprint density at radius 1 is 1.33 bits per heavy atom. The summed E-state index contributed by atoms with van der Waals surface area (Å²) in [6.45, 7) is 3.79. The van der Waals surface area contributed by atoms with Crippen LogP contribution in [0.25, 0.3) is 10.9 Å². The van der Waals surface area contributed by atoms with Gasteiger partial charge in [-0.25, -0.2) is 4.79 Å². The second kappa shape index (κ2) is 3.37. The lowest BCUT2D eigenvalue weighted by Crippen LogP contribution is -2.12. The Morgan fingerprint density at radius 2 is 2.13 bits per heavy atom. The average Bonchev–Trinajstić information content (AvgIpc) is 2.63. The maximum absolute atomic E-state index is 10.3. The lowest BCUT2D eigenvalue weighted by atomic mass is 9.94. The van der Waals surface area contributed by atoms with Crippen molar-refractivity contribution in [2.24, 2.45) is 4.99 Å². The highest BCUT2D eigenvalue weighted by molar-refractivity contribution is 5.80. The molecule has 0 saturated heterocycles. The number of fused-ring (bicyclic) bond motifs is 1. The quantitative estimate of drug-likeness (QED) is 0.588. The maximum atomic E-state index is 10.3. The van der Waals surface area contributed by atoms with E-state index >= 15 is 0 Å². The molecule has 76 valence electrons. The highest BCUT2D eigenvalue weighted by Crippen LogP contribution is 2.26.